The highest BCUT2D eigenvalue weighted by atomic mass is 35.5. The van der Waals surface area contributed by atoms with E-state index in [4.69, 9.17) is 11.6 Å². The average molecular weight is 341 g/mol. The number of phenolic OH excluding ortho intramolecular Hbond substituents is 2. The van der Waals surface area contributed by atoms with E-state index in [-0.39, 0.29) is 16.5 Å². The minimum Gasteiger partial charge on any atom is -0.508 e. The van der Waals surface area contributed by atoms with Crippen molar-refractivity contribution in [3.63, 3.8) is 0 Å². The highest BCUT2D eigenvalue weighted by Gasteiger charge is 2.17. The summed E-state index contributed by atoms with van der Waals surface area (Å²) in [6, 6.07) is 3.14. The van der Waals surface area contributed by atoms with Crippen molar-refractivity contribution in [3.05, 3.63) is 22.7 Å². The maximum atomic E-state index is 10.2. The minimum atomic E-state index is 0.0732. The molecule has 0 aromatic heterocycles. The zero-order valence-electron chi connectivity index (χ0n) is 14.8. The molecule has 0 amide bonds. The zero-order chi connectivity index (χ0) is 17.1. The Bertz CT molecular complexity index is 446. The quantitative estimate of drug-likeness (QED) is 0.313. The first-order valence-corrected chi connectivity index (χ1v) is 9.69. The van der Waals surface area contributed by atoms with E-state index in [1.54, 1.807) is 6.07 Å². The first-order valence-electron chi connectivity index (χ1n) is 9.31. The fraction of sp³-hybridized carbons (Fsp3) is 0.700. The molecular formula is C20H33ClO2. The fourth-order valence-corrected chi connectivity index (χ4v) is 3.32. The van der Waals surface area contributed by atoms with Crippen LogP contribution in [0.2, 0.25) is 5.02 Å². The number of rotatable bonds is 12. The average Bonchev–Trinajstić information content (AvgIpc) is 2.53. The summed E-state index contributed by atoms with van der Waals surface area (Å²) in [6.45, 7) is 4.44. The van der Waals surface area contributed by atoms with Crippen molar-refractivity contribution < 1.29 is 10.2 Å². The van der Waals surface area contributed by atoms with Crippen molar-refractivity contribution in [1.82, 2.24) is 0 Å². The molecule has 0 aliphatic heterocycles. The Hall–Kier alpha value is -0.890. The highest BCUT2D eigenvalue weighted by Crippen LogP contribution is 2.39. The Morgan fingerprint density at radius 1 is 0.783 bits per heavy atom. The molecule has 0 radical (unpaired) electrons. The number of unbranched alkanes of at least 4 members (excludes halogenated alkanes) is 7. The van der Waals surface area contributed by atoms with Gasteiger partial charge in [-0.1, -0.05) is 83.2 Å². The van der Waals surface area contributed by atoms with E-state index in [2.05, 4.69) is 13.8 Å². The second-order valence-corrected chi connectivity index (χ2v) is 7.02. The van der Waals surface area contributed by atoms with E-state index in [9.17, 15) is 10.2 Å². The van der Waals surface area contributed by atoms with Gasteiger partial charge in [-0.25, -0.2) is 0 Å². The second-order valence-electron chi connectivity index (χ2n) is 6.61. The third-order valence-electron chi connectivity index (χ3n) is 4.60. The normalized spacial score (nSPS) is 12.5. The zero-order valence-corrected chi connectivity index (χ0v) is 15.5. The SMILES string of the molecule is CCCCCCCC(CCCCCC)c1cc(O)c(Cl)cc1O. The lowest BCUT2D eigenvalue weighted by Gasteiger charge is -2.19. The molecule has 0 aliphatic rings. The van der Waals surface area contributed by atoms with Gasteiger partial charge in [0.25, 0.3) is 0 Å². The maximum Gasteiger partial charge on any atom is 0.134 e. The van der Waals surface area contributed by atoms with Gasteiger partial charge in [0.05, 0.1) is 5.02 Å². The van der Waals surface area contributed by atoms with Gasteiger partial charge in [-0.2, -0.15) is 0 Å². The van der Waals surface area contributed by atoms with E-state index in [0.717, 1.165) is 18.4 Å². The van der Waals surface area contributed by atoms with Gasteiger partial charge in [0.1, 0.15) is 11.5 Å². The summed E-state index contributed by atoms with van der Waals surface area (Å²) < 4.78 is 0. The van der Waals surface area contributed by atoms with Crippen molar-refractivity contribution >= 4 is 11.6 Å². The van der Waals surface area contributed by atoms with Crippen LogP contribution in [0.3, 0.4) is 0 Å². The lowest BCUT2D eigenvalue weighted by molar-refractivity contribution is 0.431. The molecule has 3 heteroatoms. The van der Waals surface area contributed by atoms with Gasteiger partial charge in [-0.15, -0.1) is 0 Å². The van der Waals surface area contributed by atoms with Crippen LogP contribution in [0.4, 0.5) is 0 Å². The Kier molecular flexibility index (Phi) is 10.2. The van der Waals surface area contributed by atoms with Crippen LogP contribution in [-0.4, -0.2) is 10.2 Å². The molecular weight excluding hydrogens is 308 g/mol. The Balaban J connectivity index is 2.67. The minimum absolute atomic E-state index is 0.0732. The third-order valence-corrected chi connectivity index (χ3v) is 4.90. The summed E-state index contributed by atoms with van der Waals surface area (Å²) >= 11 is 5.89. The van der Waals surface area contributed by atoms with Gasteiger partial charge in [-0.3, -0.25) is 0 Å². The predicted octanol–water partition coefficient (Wildman–Crippen LogP) is 7.17. The summed E-state index contributed by atoms with van der Waals surface area (Å²) in [5.74, 6) is 0.613. The third kappa shape index (κ3) is 7.48. The monoisotopic (exact) mass is 340 g/mol. The smallest absolute Gasteiger partial charge is 0.134 e. The van der Waals surface area contributed by atoms with E-state index >= 15 is 0 Å². The Labute approximate surface area is 146 Å². The molecule has 1 rings (SSSR count). The number of benzene rings is 1. The Morgan fingerprint density at radius 3 is 1.87 bits per heavy atom. The van der Waals surface area contributed by atoms with Crippen molar-refractivity contribution in [2.24, 2.45) is 0 Å². The Morgan fingerprint density at radius 2 is 1.30 bits per heavy atom. The van der Waals surface area contributed by atoms with E-state index < -0.39 is 0 Å². The molecule has 1 aromatic rings. The lowest BCUT2D eigenvalue weighted by atomic mass is 9.87. The van der Waals surface area contributed by atoms with Gasteiger partial charge in [-0.05, 0) is 24.8 Å². The van der Waals surface area contributed by atoms with Crippen LogP contribution < -0.4 is 0 Å². The van der Waals surface area contributed by atoms with Crippen LogP contribution in [0.25, 0.3) is 0 Å². The van der Waals surface area contributed by atoms with E-state index in [0.29, 0.717) is 5.92 Å². The fourth-order valence-electron chi connectivity index (χ4n) is 3.16. The molecule has 0 bridgehead atoms. The first kappa shape index (κ1) is 20.2. The summed E-state index contributed by atoms with van der Waals surface area (Å²) in [6.07, 6.45) is 13.3. The van der Waals surface area contributed by atoms with Crippen LogP contribution in [0.5, 0.6) is 11.5 Å². The van der Waals surface area contributed by atoms with Gasteiger partial charge < -0.3 is 10.2 Å². The first-order chi connectivity index (χ1) is 11.1. The maximum absolute atomic E-state index is 10.2. The van der Waals surface area contributed by atoms with Crippen LogP contribution in [-0.2, 0) is 0 Å². The summed E-state index contributed by atoms with van der Waals surface area (Å²) in [7, 11) is 0. The van der Waals surface area contributed by atoms with Crippen molar-refractivity contribution in [2.75, 3.05) is 0 Å². The largest absolute Gasteiger partial charge is 0.508 e. The number of hydrogen-bond acceptors (Lipinski definition) is 2. The number of hydrogen-bond donors (Lipinski definition) is 2. The van der Waals surface area contributed by atoms with Gasteiger partial charge in [0.15, 0.2) is 0 Å². The van der Waals surface area contributed by atoms with Crippen molar-refractivity contribution in [2.45, 2.75) is 90.4 Å². The molecule has 0 heterocycles. The molecule has 0 saturated carbocycles. The van der Waals surface area contributed by atoms with Gasteiger partial charge >= 0.3 is 0 Å². The van der Waals surface area contributed by atoms with Gasteiger partial charge in [0.2, 0.25) is 0 Å². The topological polar surface area (TPSA) is 40.5 Å². The summed E-state index contributed by atoms with van der Waals surface area (Å²) in [5.41, 5.74) is 0.860. The lowest BCUT2D eigenvalue weighted by Crippen LogP contribution is -2.01. The molecule has 0 spiro atoms. The molecule has 1 aromatic carbocycles. The summed E-state index contributed by atoms with van der Waals surface area (Å²) in [5, 5.41) is 20.3. The number of halogens is 1. The van der Waals surface area contributed by atoms with Crippen LogP contribution in [0, 0.1) is 0 Å². The molecule has 0 saturated heterocycles. The van der Waals surface area contributed by atoms with Crippen molar-refractivity contribution in [3.8, 4) is 11.5 Å². The second kappa shape index (κ2) is 11.6. The van der Waals surface area contributed by atoms with Crippen LogP contribution in [0.15, 0.2) is 12.1 Å². The summed E-state index contributed by atoms with van der Waals surface area (Å²) in [4.78, 5) is 0. The van der Waals surface area contributed by atoms with E-state index in [1.807, 2.05) is 0 Å². The van der Waals surface area contributed by atoms with Crippen molar-refractivity contribution in [1.29, 1.82) is 0 Å². The molecule has 2 N–H and O–H groups in total. The molecule has 1 atom stereocenters. The van der Waals surface area contributed by atoms with E-state index in [1.165, 1.54) is 63.9 Å². The van der Waals surface area contributed by atoms with Crippen LogP contribution >= 0.6 is 11.6 Å². The predicted molar refractivity (Wildman–Crippen MR) is 99.7 cm³/mol. The molecule has 2 nitrogen and oxygen atoms in total. The number of phenols is 2. The number of aromatic hydroxyl groups is 2. The highest BCUT2D eigenvalue weighted by molar-refractivity contribution is 6.32. The molecule has 23 heavy (non-hydrogen) atoms. The van der Waals surface area contributed by atoms with Gasteiger partial charge in [0, 0.05) is 11.6 Å². The van der Waals surface area contributed by atoms with Crippen LogP contribution in [0.1, 0.15) is 96.0 Å². The molecule has 1 unspecified atom stereocenters. The molecule has 0 fully saturated rings. The standard InChI is InChI=1S/C20H33ClO2/c1-3-5-7-9-11-13-16(12-10-8-6-4-2)17-14-20(23)18(21)15-19(17)22/h14-16,22-23H,3-13H2,1-2H3. The molecule has 0 aliphatic carbocycles. The molecule has 132 valence electrons.